The van der Waals surface area contributed by atoms with Crippen LogP contribution < -0.4 is 5.56 Å². The molecule has 0 fully saturated rings. The highest BCUT2D eigenvalue weighted by Gasteiger charge is 2.15. The molecule has 2 rings (SSSR count). The zero-order valence-corrected chi connectivity index (χ0v) is 10.7. The standard InChI is InChI=1S/C10H9ClN2O3S/c1-5-12-8-4-9(17(2,15)16)7(11)3-6(8)10(14)13-5/h3-4H,1-2H3,(H,12,13,14). The molecule has 0 aliphatic carbocycles. The lowest BCUT2D eigenvalue weighted by molar-refractivity contribution is 0.602. The third kappa shape index (κ3) is 2.18. The average molecular weight is 273 g/mol. The molecule has 0 saturated heterocycles. The number of nitrogens with zero attached hydrogens (tertiary/aromatic N) is 1. The number of aryl methyl sites for hydroxylation is 1. The third-order valence-corrected chi connectivity index (χ3v) is 3.84. The van der Waals surface area contributed by atoms with Gasteiger partial charge in [0.05, 0.1) is 20.8 Å². The monoisotopic (exact) mass is 272 g/mol. The number of halogens is 1. The maximum atomic E-state index is 11.6. The van der Waals surface area contributed by atoms with Gasteiger partial charge in [0, 0.05) is 6.26 Å². The smallest absolute Gasteiger partial charge is 0.258 e. The van der Waals surface area contributed by atoms with Crippen LogP contribution in [-0.2, 0) is 9.84 Å². The summed E-state index contributed by atoms with van der Waals surface area (Å²) in [6.07, 6.45) is 1.06. The lowest BCUT2D eigenvalue weighted by Gasteiger charge is -2.04. The molecule has 0 unspecified atom stereocenters. The van der Waals surface area contributed by atoms with Crippen LogP contribution in [0.3, 0.4) is 0 Å². The first-order valence-corrected chi connectivity index (χ1v) is 6.96. The van der Waals surface area contributed by atoms with Crippen LogP contribution in [0.1, 0.15) is 5.82 Å². The summed E-state index contributed by atoms with van der Waals surface area (Å²) in [5.74, 6) is 0.421. The van der Waals surface area contributed by atoms with E-state index < -0.39 is 9.84 Å². The van der Waals surface area contributed by atoms with E-state index in [4.69, 9.17) is 11.6 Å². The van der Waals surface area contributed by atoms with Crippen LogP contribution >= 0.6 is 11.6 Å². The lowest BCUT2D eigenvalue weighted by Crippen LogP contribution is -2.10. The molecule has 0 aliphatic rings. The van der Waals surface area contributed by atoms with Crippen molar-refractivity contribution in [1.82, 2.24) is 9.97 Å². The van der Waals surface area contributed by atoms with E-state index in [1.165, 1.54) is 12.1 Å². The summed E-state index contributed by atoms with van der Waals surface area (Å²) < 4.78 is 22.9. The minimum Gasteiger partial charge on any atom is -0.310 e. The van der Waals surface area contributed by atoms with Gasteiger partial charge in [-0.2, -0.15) is 0 Å². The molecule has 1 aromatic heterocycles. The van der Waals surface area contributed by atoms with Gasteiger partial charge in [0.2, 0.25) is 0 Å². The largest absolute Gasteiger partial charge is 0.310 e. The second-order valence-electron chi connectivity index (χ2n) is 3.72. The van der Waals surface area contributed by atoms with Crippen molar-refractivity contribution in [2.45, 2.75) is 11.8 Å². The number of aromatic amines is 1. The fourth-order valence-electron chi connectivity index (χ4n) is 1.54. The summed E-state index contributed by atoms with van der Waals surface area (Å²) >= 11 is 5.84. The van der Waals surface area contributed by atoms with Gasteiger partial charge in [-0.05, 0) is 19.1 Å². The molecular weight excluding hydrogens is 264 g/mol. The van der Waals surface area contributed by atoms with Crippen molar-refractivity contribution in [3.8, 4) is 0 Å². The van der Waals surface area contributed by atoms with Crippen LogP contribution in [0.5, 0.6) is 0 Å². The normalized spacial score (nSPS) is 11.9. The fraction of sp³-hybridized carbons (Fsp3) is 0.200. The van der Waals surface area contributed by atoms with E-state index in [1.807, 2.05) is 0 Å². The summed E-state index contributed by atoms with van der Waals surface area (Å²) in [4.78, 5) is 18.2. The van der Waals surface area contributed by atoms with Gasteiger partial charge in [0.25, 0.3) is 5.56 Å². The SMILES string of the molecule is Cc1nc2cc(S(C)(=O)=O)c(Cl)cc2c(=O)[nH]1. The second-order valence-corrected chi connectivity index (χ2v) is 6.11. The maximum absolute atomic E-state index is 11.6. The maximum Gasteiger partial charge on any atom is 0.258 e. The molecule has 1 aromatic carbocycles. The first-order valence-electron chi connectivity index (χ1n) is 4.69. The Kier molecular flexibility index (Phi) is 2.71. The van der Waals surface area contributed by atoms with Gasteiger partial charge in [-0.25, -0.2) is 13.4 Å². The number of H-pyrrole nitrogens is 1. The number of aromatic nitrogens is 2. The van der Waals surface area contributed by atoms with E-state index >= 15 is 0 Å². The van der Waals surface area contributed by atoms with Crippen LogP contribution in [0.4, 0.5) is 0 Å². The van der Waals surface area contributed by atoms with Gasteiger partial charge >= 0.3 is 0 Å². The van der Waals surface area contributed by atoms with Crippen LogP contribution in [0.2, 0.25) is 5.02 Å². The Morgan fingerprint density at radius 1 is 1.35 bits per heavy atom. The molecule has 17 heavy (non-hydrogen) atoms. The second kappa shape index (κ2) is 3.82. The number of fused-ring (bicyclic) bond motifs is 1. The molecule has 0 aliphatic heterocycles. The zero-order chi connectivity index (χ0) is 12.8. The van der Waals surface area contributed by atoms with Crippen molar-refractivity contribution >= 4 is 32.3 Å². The first-order chi connectivity index (χ1) is 7.79. The summed E-state index contributed by atoms with van der Waals surface area (Å²) in [6.45, 7) is 1.62. The Hall–Kier alpha value is -1.40. The molecule has 0 atom stereocenters. The zero-order valence-electron chi connectivity index (χ0n) is 9.11. The van der Waals surface area contributed by atoms with Gasteiger partial charge in [-0.15, -0.1) is 0 Å². The molecule has 0 saturated carbocycles. The third-order valence-electron chi connectivity index (χ3n) is 2.28. The summed E-state index contributed by atoms with van der Waals surface area (Å²) in [5, 5.41) is 0.296. The molecule has 0 bridgehead atoms. The van der Waals surface area contributed by atoms with Crippen LogP contribution in [0.25, 0.3) is 10.9 Å². The number of rotatable bonds is 1. The minimum atomic E-state index is -3.43. The highest BCUT2D eigenvalue weighted by Crippen LogP contribution is 2.24. The number of hydrogen-bond acceptors (Lipinski definition) is 4. The van der Waals surface area contributed by atoms with Crippen molar-refractivity contribution in [1.29, 1.82) is 0 Å². The van der Waals surface area contributed by atoms with Crippen molar-refractivity contribution in [2.24, 2.45) is 0 Å². The molecule has 0 radical (unpaired) electrons. The Balaban J connectivity index is 2.96. The van der Waals surface area contributed by atoms with Crippen LogP contribution in [0, 0.1) is 6.92 Å². The predicted molar refractivity (Wildman–Crippen MR) is 65.2 cm³/mol. The van der Waals surface area contributed by atoms with Gasteiger partial charge in [-0.3, -0.25) is 4.79 Å². The van der Waals surface area contributed by atoms with E-state index in [1.54, 1.807) is 6.92 Å². The number of benzene rings is 1. The van der Waals surface area contributed by atoms with Crippen molar-refractivity contribution in [3.05, 3.63) is 33.3 Å². The highest BCUT2D eigenvalue weighted by atomic mass is 35.5. The van der Waals surface area contributed by atoms with E-state index in [0.717, 1.165) is 6.26 Å². The Morgan fingerprint density at radius 3 is 2.59 bits per heavy atom. The topological polar surface area (TPSA) is 79.9 Å². The lowest BCUT2D eigenvalue weighted by atomic mass is 10.2. The summed E-state index contributed by atoms with van der Waals surface area (Å²) in [6, 6.07) is 2.63. The van der Waals surface area contributed by atoms with E-state index in [2.05, 4.69) is 9.97 Å². The molecule has 2 aromatic rings. The predicted octanol–water partition coefficient (Wildman–Crippen LogP) is 1.29. The van der Waals surface area contributed by atoms with Crippen molar-refractivity contribution in [3.63, 3.8) is 0 Å². The van der Waals surface area contributed by atoms with E-state index in [9.17, 15) is 13.2 Å². The van der Waals surface area contributed by atoms with Gasteiger partial charge in [0.15, 0.2) is 9.84 Å². The first kappa shape index (κ1) is 12.1. The van der Waals surface area contributed by atoms with Gasteiger partial charge < -0.3 is 4.98 Å². The molecule has 90 valence electrons. The van der Waals surface area contributed by atoms with Crippen molar-refractivity contribution in [2.75, 3.05) is 6.26 Å². The number of hydrogen-bond donors (Lipinski definition) is 1. The Labute approximate surface area is 102 Å². The average Bonchev–Trinajstić information content (AvgIpc) is 2.16. The molecule has 0 spiro atoms. The van der Waals surface area contributed by atoms with Gasteiger partial charge in [0.1, 0.15) is 5.82 Å². The van der Waals surface area contributed by atoms with Crippen molar-refractivity contribution < 1.29 is 8.42 Å². The Bertz CT molecular complexity index is 765. The highest BCUT2D eigenvalue weighted by molar-refractivity contribution is 7.90. The molecule has 7 heteroatoms. The fourth-order valence-corrected chi connectivity index (χ4v) is 2.86. The molecular formula is C10H9ClN2O3S. The van der Waals surface area contributed by atoms with E-state index in [-0.39, 0.29) is 20.9 Å². The van der Waals surface area contributed by atoms with E-state index in [0.29, 0.717) is 11.3 Å². The molecule has 5 nitrogen and oxygen atoms in total. The number of sulfone groups is 1. The van der Waals surface area contributed by atoms with Gasteiger partial charge in [-0.1, -0.05) is 11.6 Å². The van der Waals surface area contributed by atoms with Crippen LogP contribution in [0.15, 0.2) is 21.8 Å². The quantitative estimate of drug-likeness (QED) is 0.848. The number of nitrogens with one attached hydrogen (secondary N) is 1. The summed E-state index contributed by atoms with van der Waals surface area (Å²) in [5.41, 5.74) is -0.0227. The molecule has 1 heterocycles. The Morgan fingerprint density at radius 2 is 2.00 bits per heavy atom. The minimum absolute atomic E-state index is 0.0239. The molecule has 1 N–H and O–H groups in total. The molecule has 0 amide bonds. The van der Waals surface area contributed by atoms with Crippen LogP contribution in [-0.4, -0.2) is 24.6 Å². The summed E-state index contributed by atoms with van der Waals surface area (Å²) in [7, 11) is -3.43.